The fourth-order valence-electron chi connectivity index (χ4n) is 2.96. The van der Waals surface area contributed by atoms with E-state index in [2.05, 4.69) is 5.32 Å². The largest absolute Gasteiger partial charge is 0.495 e. The molecule has 0 saturated carbocycles. The molecular formula is C20H17Cl3N2O3. The number of methoxy groups -OCH3 is 1. The van der Waals surface area contributed by atoms with Crippen LogP contribution in [0.15, 0.2) is 42.1 Å². The van der Waals surface area contributed by atoms with E-state index in [0.29, 0.717) is 27.0 Å². The average molecular weight is 440 g/mol. The first kappa shape index (κ1) is 20.5. The van der Waals surface area contributed by atoms with Gasteiger partial charge in [0.25, 0.3) is 11.8 Å². The monoisotopic (exact) mass is 438 g/mol. The first-order chi connectivity index (χ1) is 13.2. The molecular weight excluding hydrogens is 423 g/mol. The van der Waals surface area contributed by atoms with Crippen LogP contribution >= 0.6 is 34.8 Å². The Balaban J connectivity index is 2.13. The molecule has 0 spiro atoms. The van der Waals surface area contributed by atoms with Crippen LogP contribution in [0, 0.1) is 0 Å². The average Bonchev–Trinajstić information content (AvgIpc) is 2.86. The van der Waals surface area contributed by atoms with E-state index in [4.69, 9.17) is 39.5 Å². The van der Waals surface area contributed by atoms with Crippen molar-refractivity contribution < 1.29 is 14.3 Å². The third-order valence-electron chi connectivity index (χ3n) is 4.25. The van der Waals surface area contributed by atoms with E-state index in [0.717, 1.165) is 0 Å². The smallest absolute Gasteiger partial charge is 0.278 e. The Labute approximate surface area is 177 Å². The van der Waals surface area contributed by atoms with Gasteiger partial charge < -0.3 is 10.1 Å². The van der Waals surface area contributed by atoms with E-state index >= 15 is 0 Å². The van der Waals surface area contributed by atoms with Crippen molar-refractivity contribution in [1.29, 1.82) is 0 Å². The van der Waals surface area contributed by atoms with Gasteiger partial charge in [-0.05, 0) is 44.2 Å². The molecule has 0 saturated heterocycles. The van der Waals surface area contributed by atoms with Gasteiger partial charge in [-0.1, -0.05) is 40.9 Å². The molecule has 0 aliphatic carbocycles. The minimum absolute atomic E-state index is 0.129. The number of imide groups is 1. The van der Waals surface area contributed by atoms with E-state index in [1.54, 1.807) is 44.2 Å². The van der Waals surface area contributed by atoms with Crippen molar-refractivity contribution in [2.75, 3.05) is 12.4 Å². The Morgan fingerprint density at radius 2 is 1.68 bits per heavy atom. The Morgan fingerprint density at radius 3 is 2.25 bits per heavy atom. The maximum Gasteiger partial charge on any atom is 0.278 e. The summed E-state index contributed by atoms with van der Waals surface area (Å²) in [5.74, 6) is -0.362. The number of nitrogens with one attached hydrogen (secondary N) is 1. The van der Waals surface area contributed by atoms with E-state index in [-0.39, 0.29) is 22.3 Å². The van der Waals surface area contributed by atoms with Gasteiger partial charge in [-0.15, -0.1) is 0 Å². The van der Waals surface area contributed by atoms with Gasteiger partial charge in [0.05, 0.1) is 22.7 Å². The molecule has 1 heterocycles. The van der Waals surface area contributed by atoms with Crippen LogP contribution in [-0.4, -0.2) is 29.9 Å². The first-order valence-electron chi connectivity index (χ1n) is 8.42. The van der Waals surface area contributed by atoms with Gasteiger partial charge in [-0.2, -0.15) is 0 Å². The summed E-state index contributed by atoms with van der Waals surface area (Å²) in [5, 5.41) is 4.11. The van der Waals surface area contributed by atoms with E-state index < -0.39 is 11.8 Å². The molecule has 8 heteroatoms. The molecule has 146 valence electrons. The highest BCUT2D eigenvalue weighted by atomic mass is 35.5. The highest BCUT2D eigenvalue weighted by Gasteiger charge is 2.41. The van der Waals surface area contributed by atoms with Crippen LogP contribution in [-0.2, 0) is 9.59 Å². The van der Waals surface area contributed by atoms with Crippen molar-refractivity contribution in [2.45, 2.75) is 19.9 Å². The van der Waals surface area contributed by atoms with Crippen molar-refractivity contribution >= 4 is 57.9 Å². The fourth-order valence-corrected chi connectivity index (χ4v) is 3.72. The zero-order valence-electron chi connectivity index (χ0n) is 15.3. The van der Waals surface area contributed by atoms with Crippen molar-refractivity contribution in [3.63, 3.8) is 0 Å². The molecule has 0 atom stereocenters. The quantitative estimate of drug-likeness (QED) is 0.646. The Morgan fingerprint density at radius 1 is 0.964 bits per heavy atom. The second-order valence-corrected chi connectivity index (χ2v) is 7.67. The van der Waals surface area contributed by atoms with Gasteiger partial charge in [0.15, 0.2) is 0 Å². The summed E-state index contributed by atoms with van der Waals surface area (Å²) >= 11 is 18.5. The number of halogens is 3. The number of hydrogen-bond acceptors (Lipinski definition) is 4. The number of amides is 2. The van der Waals surface area contributed by atoms with Crippen LogP contribution in [0.5, 0.6) is 5.75 Å². The molecule has 28 heavy (non-hydrogen) atoms. The number of anilines is 1. The molecule has 1 N–H and O–H groups in total. The number of nitrogens with zero attached hydrogens (tertiary/aromatic N) is 1. The van der Waals surface area contributed by atoms with Gasteiger partial charge >= 0.3 is 0 Å². The van der Waals surface area contributed by atoms with E-state index in [1.807, 2.05) is 0 Å². The van der Waals surface area contributed by atoms with Gasteiger partial charge in [-0.25, -0.2) is 0 Å². The van der Waals surface area contributed by atoms with Crippen LogP contribution in [0.25, 0.3) is 5.57 Å². The number of carbonyl (C=O) groups excluding carboxylic acids is 2. The maximum atomic E-state index is 13.0. The minimum Gasteiger partial charge on any atom is -0.495 e. The molecule has 1 aliphatic heterocycles. The standard InChI is InChI=1S/C20H17Cl3N2O3/c1-10(2)25-19(26)17(13-6-4-11(21)8-14(13)22)18(20(25)27)24-12-5-7-16(28-3)15(23)9-12/h4-10,24H,1-3H3. The molecule has 2 aromatic carbocycles. The summed E-state index contributed by atoms with van der Waals surface area (Å²) in [6, 6.07) is 9.44. The summed E-state index contributed by atoms with van der Waals surface area (Å²) in [4.78, 5) is 27.2. The molecule has 2 amide bonds. The summed E-state index contributed by atoms with van der Waals surface area (Å²) in [6.07, 6.45) is 0. The third-order valence-corrected chi connectivity index (χ3v) is 5.10. The van der Waals surface area contributed by atoms with Gasteiger partial charge in [-0.3, -0.25) is 14.5 Å². The highest BCUT2D eigenvalue weighted by molar-refractivity contribution is 6.41. The molecule has 5 nitrogen and oxygen atoms in total. The zero-order valence-corrected chi connectivity index (χ0v) is 17.6. The minimum atomic E-state index is -0.437. The summed E-state index contributed by atoms with van der Waals surface area (Å²) in [6.45, 7) is 3.54. The molecule has 1 aliphatic rings. The topological polar surface area (TPSA) is 58.6 Å². The predicted octanol–water partition coefficient (Wildman–Crippen LogP) is 5.26. The molecule has 0 fully saturated rings. The molecule has 2 aromatic rings. The lowest BCUT2D eigenvalue weighted by molar-refractivity contribution is -0.138. The Hall–Kier alpha value is -2.21. The molecule has 0 bridgehead atoms. The highest BCUT2D eigenvalue weighted by Crippen LogP contribution is 2.37. The molecule has 3 rings (SSSR count). The molecule has 0 unspecified atom stereocenters. The van der Waals surface area contributed by atoms with Gasteiger partial charge in [0.2, 0.25) is 0 Å². The number of benzene rings is 2. The second-order valence-electron chi connectivity index (χ2n) is 6.42. The lowest BCUT2D eigenvalue weighted by Crippen LogP contribution is -2.38. The first-order valence-corrected chi connectivity index (χ1v) is 9.56. The SMILES string of the molecule is COc1ccc(NC2=C(c3ccc(Cl)cc3Cl)C(=O)N(C(C)C)C2=O)cc1Cl. The molecule has 0 aromatic heterocycles. The van der Waals surface area contributed by atoms with Crippen molar-refractivity contribution in [1.82, 2.24) is 4.90 Å². The van der Waals surface area contributed by atoms with Crippen LogP contribution in [0.3, 0.4) is 0 Å². The second kappa shape index (κ2) is 8.03. The lowest BCUT2D eigenvalue weighted by Gasteiger charge is -2.19. The van der Waals surface area contributed by atoms with Crippen LogP contribution in [0.4, 0.5) is 5.69 Å². The Kier molecular flexibility index (Phi) is 5.89. The zero-order chi connectivity index (χ0) is 20.6. The van der Waals surface area contributed by atoms with Crippen LogP contribution in [0.1, 0.15) is 19.4 Å². The van der Waals surface area contributed by atoms with Gasteiger partial charge in [0.1, 0.15) is 11.4 Å². The molecule has 0 radical (unpaired) electrons. The van der Waals surface area contributed by atoms with Gasteiger partial charge in [0, 0.05) is 22.3 Å². The van der Waals surface area contributed by atoms with E-state index in [9.17, 15) is 9.59 Å². The van der Waals surface area contributed by atoms with Crippen LogP contribution in [0.2, 0.25) is 15.1 Å². The van der Waals surface area contributed by atoms with Crippen LogP contribution < -0.4 is 10.1 Å². The van der Waals surface area contributed by atoms with Crippen molar-refractivity contribution in [2.24, 2.45) is 0 Å². The fraction of sp³-hybridized carbons (Fsp3) is 0.200. The summed E-state index contributed by atoms with van der Waals surface area (Å²) in [5.41, 5.74) is 1.28. The number of rotatable bonds is 5. The van der Waals surface area contributed by atoms with Crippen molar-refractivity contribution in [3.05, 3.63) is 62.7 Å². The van der Waals surface area contributed by atoms with E-state index in [1.165, 1.54) is 18.1 Å². The Bertz CT molecular complexity index is 1000. The van der Waals surface area contributed by atoms with Crippen molar-refractivity contribution in [3.8, 4) is 5.75 Å². The number of carbonyl (C=O) groups is 2. The summed E-state index contributed by atoms with van der Waals surface area (Å²) in [7, 11) is 1.51. The maximum absolute atomic E-state index is 13.0. The normalized spacial score (nSPS) is 14.3. The number of ether oxygens (including phenoxy) is 1. The number of hydrogen-bond donors (Lipinski definition) is 1. The predicted molar refractivity (Wildman–Crippen MR) is 112 cm³/mol. The summed E-state index contributed by atoms with van der Waals surface area (Å²) < 4.78 is 5.14. The lowest BCUT2D eigenvalue weighted by atomic mass is 10.0. The third kappa shape index (κ3) is 3.70.